The Morgan fingerprint density at radius 3 is 2.94 bits per heavy atom. The minimum absolute atomic E-state index is 0.149. The van der Waals surface area contributed by atoms with E-state index in [1.165, 1.54) is 0 Å². The highest BCUT2D eigenvalue weighted by atomic mass is 16.3. The van der Waals surface area contributed by atoms with Gasteiger partial charge in [0.2, 0.25) is 0 Å². The molecule has 0 unspecified atom stereocenters. The van der Waals surface area contributed by atoms with E-state index in [1.807, 2.05) is 20.2 Å². The van der Waals surface area contributed by atoms with Crippen LogP contribution in [0.4, 0.5) is 0 Å². The normalized spacial score (nSPS) is 13.1. The average Bonchev–Trinajstić information content (AvgIpc) is 2.66. The van der Waals surface area contributed by atoms with E-state index in [0.29, 0.717) is 0 Å². The number of nitrogens with zero attached hydrogens (tertiary/aromatic N) is 3. The van der Waals surface area contributed by atoms with Gasteiger partial charge in [-0.3, -0.25) is 4.68 Å². The van der Waals surface area contributed by atoms with Crippen LogP contribution in [-0.2, 0) is 13.6 Å². The molecule has 98 valence electrons. The Kier molecular flexibility index (Phi) is 3.93. The zero-order valence-electron chi connectivity index (χ0n) is 11.1. The van der Waals surface area contributed by atoms with E-state index in [1.54, 1.807) is 4.68 Å². The van der Waals surface area contributed by atoms with Crippen LogP contribution in [0.15, 0.2) is 12.3 Å². The molecule has 2 heterocycles. The molecular weight excluding hydrogens is 228 g/mol. The van der Waals surface area contributed by atoms with Gasteiger partial charge in [-0.1, -0.05) is 6.92 Å². The lowest BCUT2D eigenvalue weighted by atomic mass is 10.2. The molecule has 2 aromatic heterocycles. The van der Waals surface area contributed by atoms with Crippen LogP contribution in [0.3, 0.4) is 0 Å². The van der Waals surface area contributed by atoms with Crippen molar-refractivity contribution in [2.75, 3.05) is 6.61 Å². The van der Waals surface area contributed by atoms with Crippen molar-refractivity contribution < 1.29 is 5.11 Å². The van der Waals surface area contributed by atoms with E-state index in [9.17, 15) is 0 Å². The fourth-order valence-electron chi connectivity index (χ4n) is 2.05. The highest BCUT2D eigenvalue weighted by molar-refractivity contribution is 5.78. The summed E-state index contributed by atoms with van der Waals surface area (Å²) in [4.78, 5) is 4.43. The summed E-state index contributed by atoms with van der Waals surface area (Å²) in [5.41, 5.74) is 3.02. The molecule has 0 fully saturated rings. The summed E-state index contributed by atoms with van der Waals surface area (Å²) < 4.78 is 1.80. The standard InChI is InChI=1S/C13H20N4O/c1-4-11(8-18)14-6-10-5-12-9(2)16-17(3)13(12)15-7-10/h5,7,11,14,18H,4,6,8H2,1-3H3/t11-/m0/s1. The molecule has 0 saturated carbocycles. The van der Waals surface area contributed by atoms with E-state index < -0.39 is 0 Å². The number of hydrogen-bond donors (Lipinski definition) is 2. The number of aliphatic hydroxyl groups excluding tert-OH is 1. The van der Waals surface area contributed by atoms with Gasteiger partial charge in [-0.2, -0.15) is 5.10 Å². The lowest BCUT2D eigenvalue weighted by molar-refractivity contribution is 0.238. The van der Waals surface area contributed by atoms with E-state index >= 15 is 0 Å². The Bertz CT molecular complexity index is 531. The van der Waals surface area contributed by atoms with Gasteiger partial charge in [0, 0.05) is 31.2 Å². The maximum atomic E-state index is 9.13. The van der Waals surface area contributed by atoms with Crippen molar-refractivity contribution in [2.45, 2.75) is 32.9 Å². The zero-order valence-corrected chi connectivity index (χ0v) is 11.1. The first-order valence-electron chi connectivity index (χ1n) is 6.28. The lowest BCUT2D eigenvalue weighted by Crippen LogP contribution is -2.31. The van der Waals surface area contributed by atoms with Crippen LogP contribution in [0.5, 0.6) is 0 Å². The Labute approximate surface area is 107 Å². The van der Waals surface area contributed by atoms with Gasteiger partial charge in [0.15, 0.2) is 5.65 Å². The van der Waals surface area contributed by atoms with Gasteiger partial charge >= 0.3 is 0 Å². The summed E-state index contributed by atoms with van der Waals surface area (Å²) in [7, 11) is 1.90. The monoisotopic (exact) mass is 248 g/mol. The fraction of sp³-hybridized carbons (Fsp3) is 0.538. The summed E-state index contributed by atoms with van der Waals surface area (Å²) in [6.45, 7) is 4.93. The van der Waals surface area contributed by atoms with Gasteiger partial charge in [0.1, 0.15) is 0 Å². The van der Waals surface area contributed by atoms with Gasteiger partial charge < -0.3 is 10.4 Å². The zero-order chi connectivity index (χ0) is 13.1. The molecule has 0 saturated heterocycles. The Balaban J connectivity index is 2.17. The van der Waals surface area contributed by atoms with Gasteiger partial charge in [-0.05, 0) is 25.0 Å². The van der Waals surface area contributed by atoms with Crippen molar-refractivity contribution in [1.29, 1.82) is 0 Å². The number of fused-ring (bicyclic) bond motifs is 1. The third kappa shape index (κ3) is 2.52. The summed E-state index contributed by atoms with van der Waals surface area (Å²) in [5, 5.41) is 17.9. The van der Waals surface area contributed by atoms with Gasteiger partial charge in [0.25, 0.3) is 0 Å². The number of rotatable bonds is 5. The molecule has 0 amide bonds. The number of pyridine rings is 1. The number of hydrogen-bond acceptors (Lipinski definition) is 4. The largest absolute Gasteiger partial charge is 0.395 e. The van der Waals surface area contributed by atoms with Crippen molar-refractivity contribution in [3.05, 3.63) is 23.5 Å². The SMILES string of the molecule is CC[C@@H](CO)NCc1cnc2c(c1)c(C)nn2C. The Morgan fingerprint density at radius 2 is 2.28 bits per heavy atom. The molecule has 0 aliphatic carbocycles. The van der Waals surface area contributed by atoms with E-state index in [2.05, 4.69) is 28.4 Å². The molecule has 5 heteroatoms. The van der Waals surface area contributed by atoms with Crippen molar-refractivity contribution in [3.8, 4) is 0 Å². The third-order valence-electron chi connectivity index (χ3n) is 3.23. The predicted molar refractivity (Wildman–Crippen MR) is 71.3 cm³/mol. The number of aliphatic hydroxyl groups is 1. The molecule has 0 radical (unpaired) electrons. The minimum atomic E-state index is 0.149. The predicted octanol–water partition coefficient (Wildman–Crippen LogP) is 1.14. The van der Waals surface area contributed by atoms with Gasteiger partial charge in [0.05, 0.1) is 12.3 Å². The first-order chi connectivity index (χ1) is 8.65. The van der Waals surface area contributed by atoms with Crippen LogP contribution in [0, 0.1) is 6.92 Å². The van der Waals surface area contributed by atoms with Gasteiger partial charge in [-0.25, -0.2) is 4.98 Å². The fourth-order valence-corrected chi connectivity index (χ4v) is 2.05. The molecule has 0 aliphatic rings. The summed E-state index contributed by atoms with van der Waals surface area (Å²) >= 11 is 0. The molecule has 0 aliphatic heterocycles. The highest BCUT2D eigenvalue weighted by Crippen LogP contribution is 2.16. The Hall–Kier alpha value is -1.46. The first kappa shape index (κ1) is 13.0. The smallest absolute Gasteiger partial charge is 0.157 e. The van der Waals surface area contributed by atoms with Crippen molar-refractivity contribution in [3.63, 3.8) is 0 Å². The van der Waals surface area contributed by atoms with E-state index in [4.69, 9.17) is 5.11 Å². The minimum Gasteiger partial charge on any atom is -0.395 e. The van der Waals surface area contributed by atoms with E-state index in [-0.39, 0.29) is 12.6 Å². The molecule has 1 atom stereocenters. The first-order valence-corrected chi connectivity index (χ1v) is 6.28. The number of aromatic nitrogens is 3. The molecule has 0 bridgehead atoms. The van der Waals surface area contributed by atoms with Crippen molar-refractivity contribution in [2.24, 2.45) is 7.05 Å². The highest BCUT2D eigenvalue weighted by Gasteiger charge is 2.08. The topological polar surface area (TPSA) is 63.0 Å². The molecule has 2 rings (SSSR count). The second kappa shape index (κ2) is 5.46. The molecule has 0 aromatic carbocycles. The molecular formula is C13H20N4O. The molecule has 18 heavy (non-hydrogen) atoms. The molecule has 2 N–H and O–H groups in total. The van der Waals surface area contributed by atoms with Crippen molar-refractivity contribution in [1.82, 2.24) is 20.1 Å². The van der Waals surface area contributed by atoms with Crippen LogP contribution < -0.4 is 5.32 Å². The van der Waals surface area contributed by atoms with E-state index in [0.717, 1.165) is 35.3 Å². The van der Waals surface area contributed by atoms with Crippen LogP contribution in [0.25, 0.3) is 11.0 Å². The summed E-state index contributed by atoms with van der Waals surface area (Å²) in [6.07, 6.45) is 2.78. The van der Waals surface area contributed by atoms with Crippen LogP contribution in [0.1, 0.15) is 24.6 Å². The quantitative estimate of drug-likeness (QED) is 0.833. The second-order valence-corrected chi connectivity index (χ2v) is 4.59. The van der Waals surface area contributed by atoms with Gasteiger partial charge in [-0.15, -0.1) is 0 Å². The second-order valence-electron chi connectivity index (χ2n) is 4.59. The van der Waals surface area contributed by atoms with Crippen LogP contribution in [0.2, 0.25) is 0 Å². The number of aryl methyl sites for hydroxylation is 2. The molecule has 0 spiro atoms. The summed E-state index contributed by atoms with van der Waals surface area (Å²) in [6, 6.07) is 2.26. The molecule has 2 aromatic rings. The Morgan fingerprint density at radius 1 is 1.50 bits per heavy atom. The van der Waals surface area contributed by atoms with Crippen LogP contribution >= 0.6 is 0 Å². The van der Waals surface area contributed by atoms with Crippen LogP contribution in [-0.4, -0.2) is 32.5 Å². The summed E-state index contributed by atoms with van der Waals surface area (Å²) in [5.74, 6) is 0. The lowest BCUT2D eigenvalue weighted by Gasteiger charge is -2.13. The third-order valence-corrected chi connectivity index (χ3v) is 3.23. The maximum Gasteiger partial charge on any atom is 0.157 e. The maximum absolute atomic E-state index is 9.13. The van der Waals surface area contributed by atoms with Crippen molar-refractivity contribution >= 4 is 11.0 Å². The number of nitrogens with one attached hydrogen (secondary N) is 1. The molecule has 5 nitrogen and oxygen atoms in total. The average molecular weight is 248 g/mol.